The molecule has 0 bridgehead atoms. The van der Waals surface area contributed by atoms with Crippen molar-refractivity contribution in [3.05, 3.63) is 0 Å². The normalized spacial score (nSPS) is 31.6. The predicted molar refractivity (Wildman–Crippen MR) is 79.4 cm³/mol. The van der Waals surface area contributed by atoms with Crippen LogP contribution < -0.4 is 21.3 Å². The Morgan fingerprint density at radius 3 is 1.21 bits per heavy atom. The van der Waals surface area contributed by atoms with E-state index in [0.717, 1.165) is 5.41 Å². The molecule has 0 aromatic carbocycles. The molecule has 4 nitrogen and oxygen atoms in total. The Morgan fingerprint density at radius 2 is 0.842 bits per heavy atom. The molecule has 4 aliphatic heterocycles. The predicted octanol–water partition coefficient (Wildman–Crippen LogP) is 0.309. The number of hydrogen-bond donors (Lipinski definition) is 4. The molecule has 0 aromatic rings. The lowest BCUT2D eigenvalue weighted by molar-refractivity contribution is 0.116. The van der Waals surface area contributed by atoms with E-state index < -0.39 is 0 Å². The highest BCUT2D eigenvalue weighted by Gasteiger charge is 2.37. The van der Waals surface area contributed by atoms with Gasteiger partial charge in [0.2, 0.25) is 0 Å². The topological polar surface area (TPSA) is 48.1 Å². The van der Waals surface area contributed by atoms with Crippen LogP contribution in [0.5, 0.6) is 0 Å². The minimum atomic E-state index is 0.700. The molecular formula is C15H30N4. The summed E-state index contributed by atoms with van der Waals surface area (Å²) < 4.78 is 0. The van der Waals surface area contributed by atoms with E-state index in [1.807, 2.05) is 0 Å². The van der Waals surface area contributed by atoms with Gasteiger partial charge in [-0.3, -0.25) is 0 Å². The van der Waals surface area contributed by atoms with Crippen molar-refractivity contribution in [3.8, 4) is 0 Å². The third-order valence-electron chi connectivity index (χ3n) is 5.66. The first-order chi connectivity index (χ1) is 9.33. The fourth-order valence-electron chi connectivity index (χ4n) is 3.97. The molecule has 4 rings (SSSR count). The van der Waals surface area contributed by atoms with Crippen molar-refractivity contribution in [2.24, 2.45) is 10.8 Å². The molecule has 0 atom stereocenters. The highest BCUT2D eigenvalue weighted by molar-refractivity contribution is 4.95. The van der Waals surface area contributed by atoms with Crippen LogP contribution in [0, 0.1) is 10.8 Å². The van der Waals surface area contributed by atoms with Crippen molar-refractivity contribution in [3.63, 3.8) is 0 Å². The zero-order valence-corrected chi connectivity index (χ0v) is 12.2. The van der Waals surface area contributed by atoms with Gasteiger partial charge in [-0.05, 0) is 75.7 Å². The van der Waals surface area contributed by atoms with E-state index in [9.17, 15) is 0 Å². The summed E-state index contributed by atoms with van der Waals surface area (Å²) in [7, 11) is 0. The SMILES string of the molecule is C1CC2(CCN1)CCNC2.C1CC2(CCN1)CNC2. The Hall–Kier alpha value is -0.160. The van der Waals surface area contributed by atoms with Gasteiger partial charge in [0, 0.05) is 19.6 Å². The second-order valence-electron chi connectivity index (χ2n) is 7.03. The van der Waals surface area contributed by atoms with Gasteiger partial charge in [-0.15, -0.1) is 0 Å². The number of hydrogen-bond acceptors (Lipinski definition) is 4. The highest BCUT2D eigenvalue weighted by Crippen LogP contribution is 2.34. The third-order valence-corrected chi connectivity index (χ3v) is 5.66. The molecular weight excluding hydrogens is 236 g/mol. The molecule has 4 heterocycles. The number of rotatable bonds is 0. The average Bonchev–Trinajstić information content (AvgIpc) is 2.88. The fourth-order valence-corrected chi connectivity index (χ4v) is 3.97. The Balaban J connectivity index is 0.000000117. The van der Waals surface area contributed by atoms with Gasteiger partial charge in [0.05, 0.1) is 0 Å². The molecule has 110 valence electrons. The zero-order chi connectivity index (χ0) is 13.0. The van der Waals surface area contributed by atoms with Gasteiger partial charge in [0.25, 0.3) is 0 Å². The summed E-state index contributed by atoms with van der Waals surface area (Å²) in [6, 6.07) is 0. The van der Waals surface area contributed by atoms with Crippen LogP contribution in [-0.2, 0) is 0 Å². The first-order valence-electron chi connectivity index (χ1n) is 8.16. The summed E-state index contributed by atoms with van der Waals surface area (Å²) in [5, 5.41) is 13.6. The molecule has 0 radical (unpaired) electrons. The average molecular weight is 266 g/mol. The maximum Gasteiger partial charge on any atom is 0.00212 e. The summed E-state index contributed by atoms with van der Waals surface area (Å²) in [4.78, 5) is 0. The van der Waals surface area contributed by atoms with Crippen molar-refractivity contribution in [2.45, 2.75) is 32.1 Å². The summed E-state index contributed by atoms with van der Waals surface area (Å²) in [6.45, 7) is 10.0. The highest BCUT2D eigenvalue weighted by atomic mass is 15.0. The van der Waals surface area contributed by atoms with Crippen LogP contribution in [-0.4, -0.2) is 52.4 Å². The van der Waals surface area contributed by atoms with Gasteiger partial charge in [-0.2, -0.15) is 0 Å². The minimum Gasteiger partial charge on any atom is -0.317 e. The van der Waals surface area contributed by atoms with E-state index in [4.69, 9.17) is 0 Å². The lowest BCUT2D eigenvalue weighted by Crippen LogP contribution is -2.57. The zero-order valence-electron chi connectivity index (χ0n) is 12.2. The van der Waals surface area contributed by atoms with Gasteiger partial charge in [0.1, 0.15) is 0 Å². The van der Waals surface area contributed by atoms with Crippen molar-refractivity contribution in [2.75, 3.05) is 52.4 Å². The Bertz CT molecular complexity index is 266. The van der Waals surface area contributed by atoms with Crippen LogP contribution in [0.25, 0.3) is 0 Å². The second-order valence-corrected chi connectivity index (χ2v) is 7.03. The molecule has 0 amide bonds. The second kappa shape index (κ2) is 6.08. The molecule has 4 N–H and O–H groups in total. The Labute approximate surface area is 117 Å². The molecule has 4 fully saturated rings. The molecule has 0 aliphatic carbocycles. The van der Waals surface area contributed by atoms with Crippen LogP contribution in [0.15, 0.2) is 0 Å². The maximum atomic E-state index is 3.46. The largest absolute Gasteiger partial charge is 0.317 e. The van der Waals surface area contributed by atoms with E-state index >= 15 is 0 Å². The van der Waals surface area contributed by atoms with E-state index in [1.165, 1.54) is 84.5 Å². The monoisotopic (exact) mass is 266 g/mol. The van der Waals surface area contributed by atoms with Gasteiger partial charge >= 0.3 is 0 Å². The molecule has 4 saturated heterocycles. The molecule has 0 unspecified atom stereocenters. The quantitative estimate of drug-likeness (QED) is 0.510. The standard InChI is InChI=1S/C8H16N2.C7H14N2/c1-4-9-5-2-8(1)3-6-10-7-8;1-3-8-4-2-7(1)5-9-6-7/h9-10H,1-7H2;8-9H,1-6H2. The number of piperidine rings is 2. The van der Waals surface area contributed by atoms with Crippen molar-refractivity contribution in [1.29, 1.82) is 0 Å². The fraction of sp³-hybridized carbons (Fsp3) is 1.00. The minimum absolute atomic E-state index is 0.700. The molecule has 19 heavy (non-hydrogen) atoms. The molecule has 0 saturated carbocycles. The molecule has 0 aromatic heterocycles. The smallest absolute Gasteiger partial charge is 0.00212 e. The lowest BCUT2D eigenvalue weighted by Gasteiger charge is -2.45. The van der Waals surface area contributed by atoms with Crippen LogP contribution in [0.1, 0.15) is 32.1 Å². The molecule has 4 aliphatic rings. The van der Waals surface area contributed by atoms with E-state index in [-0.39, 0.29) is 0 Å². The first kappa shape index (κ1) is 13.8. The van der Waals surface area contributed by atoms with Crippen LogP contribution in [0.2, 0.25) is 0 Å². The Kier molecular flexibility index (Phi) is 4.42. The first-order valence-corrected chi connectivity index (χ1v) is 8.16. The third kappa shape index (κ3) is 3.30. The maximum absolute atomic E-state index is 3.46. The van der Waals surface area contributed by atoms with Crippen molar-refractivity contribution >= 4 is 0 Å². The van der Waals surface area contributed by atoms with E-state index in [2.05, 4.69) is 21.3 Å². The molecule has 4 heteroatoms. The van der Waals surface area contributed by atoms with Gasteiger partial charge in [0.15, 0.2) is 0 Å². The van der Waals surface area contributed by atoms with Gasteiger partial charge in [-0.1, -0.05) is 0 Å². The molecule has 2 spiro atoms. The van der Waals surface area contributed by atoms with Gasteiger partial charge < -0.3 is 21.3 Å². The summed E-state index contributed by atoms with van der Waals surface area (Å²) in [5.41, 5.74) is 1.43. The van der Waals surface area contributed by atoms with Crippen LogP contribution >= 0.6 is 0 Å². The summed E-state index contributed by atoms with van der Waals surface area (Å²) in [5.74, 6) is 0. The summed E-state index contributed by atoms with van der Waals surface area (Å²) >= 11 is 0. The van der Waals surface area contributed by atoms with Crippen molar-refractivity contribution in [1.82, 2.24) is 21.3 Å². The van der Waals surface area contributed by atoms with Crippen LogP contribution in [0.4, 0.5) is 0 Å². The van der Waals surface area contributed by atoms with Crippen molar-refractivity contribution < 1.29 is 0 Å². The summed E-state index contributed by atoms with van der Waals surface area (Å²) in [6.07, 6.45) is 6.97. The van der Waals surface area contributed by atoms with Crippen LogP contribution in [0.3, 0.4) is 0 Å². The number of nitrogens with one attached hydrogen (secondary N) is 4. The lowest BCUT2D eigenvalue weighted by atomic mass is 9.74. The van der Waals surface area contributed by atoms with E-state index in [0.29, 0.717) is 5.41 Å². The van der Waals surface area contributed by atoms with E-state index in [1.54, 1.807) is 0 Å². The van der Waals surface area contributed by atoms with Gasteiger partial charge in [-0.25, -0.2) is 0 Å². The Morgan fingerprint density at radius 1 is 0.421 bits per heavy atom.